The average Bonchev–Trinajstić information content (AvgIpc) is 2.58. The Labute approximate surface area is 148 Å². The topological polar surface area (TPSA) is 29.5 Å². The van der Waals surface area contributed by atoms with Crippen LogP contribution in [0, 0.1) is 5.92 Å². The molecule has 0 heterocycles. The van der Waals surface area contributed by atoms with E-state index in [2.05, 4.69) is 40.2 Å². The highest BCUT2D eigenvalue weighted by molar-refractivity contribution is 5.31. The monoisotopic (exact) mass is 334 g/mol. The SMILES string of the molecule is CCCOc1ccc([C@](O)(CC[N+](C)(C)C)C2CCCCC2)cc1. The van der Waals surface area contributed by atoms with Crippen molar-refractivity contribution in [3.63, 3.8) is 0 Å². The summed E-state index contributed by atoms with van der Waals surface area (Å²) in [6, 6.07) is 8.19. The van der Waals surface area contributed by atoms with Crippen LogP contribution >= 0.6 is 0 Å². The Balaban J connectivity index is 2.20. The van der Waals surface area contributed by atoms with Crippen LogP contribution in [0.3, 0.4) is 0 Å². The van der Waals surface area contributed by atoms with Crippen molar-refractivity contribution in [3.05, 3.63) is 29.8 Å². The lowest BCUT2D eigenvalue weighted by Crippen LogP contribution is -2.43. The van der Waals surface area contributed by atoms with Gasteiger partial charge in [-0.25, -0.2) is 0 Å². The molecule has 3 heteroatoms. The van der Waals surface area contributed by atoms with Crippen LogP contribution in [-0.2, 0) is 5.60 Å². The highest BCUT2D eigenvalue weighted by atomic mass is 16.5. The molecule has 24 heavy (non-hydrogen) atoms. The largest absolute Gasteiger partial charge is 0.494 e. The van der Waals surface area contributed by atoms with E-state index in [9.17, 15) is 5.11 Å². The predicted molar refractivity (Wildman–Crippen MR) is 100 cm³/mol. The van der Waals surface area contributed by atoms with Crippen molar-refractivity contribution in [2.24, 2.45) is 5.92 Å². The molecule has 0 saturated heterocycles. The zero-order valence-electron chi connectivity index (χ0n) is 16.1. The van der Waals surface area contributed by atoms with Crippen LogP contribution in [0.4, 0.5) is 0 Å². The summed E-state index contributed by atoms with van der Waals surface area (Å²) in [5.74, 6) is 1.28. The second-order valence-corrected chi connectivity index (χ2v) is 8.40. The number of benzene rings is 1. The molecule has 1 fully saturated rings. The van der Waals surface area contributed by atoms with Gasteiger partial charge in [0.15, 0.2) is 0 Å². The summed E-state index contributed by atoms with van der Waals surface area (Å²) in [7, 11) is 6.59. The second kappa shape index (κ2) is 8.35. The maximum Gasteiger partial charge on any atom is 0.119 e. The predicted octanol–water partition coefficient (Wildman–Crippen LogP) is 4.34. The first-order chi connectivity index (χ1) is 11.3. The molecule has 1 aromatic carbocycles. The fourth-order valence-electron chi connectivity index (χ4n) is 3.73. The average molecular weight is 335 g/mol. The Bertz CT molecular complexity index is 486. The molecule has 1 aliphatic carbocycles. The van der Waals surface area contributed by atoms with E-state index in [4.69, 9.17) is 4.74 Å². The van der Waals surface area contributed by atoms with Crippen molar-refractivity contribution in [3.8, 4) is 5.75 Å². The molecule has 0 bridgehead atoms. The van der Waals surface area contributed by atoms with E-state index < -0.39 is 5.60 Å². The number of ether oxygens (including phenoxy) is 1. The second-order valence-electron chi connectivity index (χ2n) is 8.40. The van der Waals surface area contributed by atoms with Crippen molar-refractivity contribution < 1.29 is 14.3 Å². The summed E-state index contributed by atoms with van der Waals surface area (Å²) < 4.78 is 6.58. The zero-order valence-corrected chi connectivity index (χ0v) is 16.1. The van der Waals surface area contributed by atoms with Gasteiger partial charge in [0.1, 0.15) is 5.75 Å². The molecule has 1 N–H and O–H groups in total. The van der Waals surface area contributed by atoms with Crippen LogP contribution in [0.5, 0.6) is 5.75 Å². The highest BCUT2D eigenvalue weighted by Crippen LogP contribution is 2.42. The number of nitrogens with zero attached hydrogens (tertiary/aromatic N) is 1. The first-order valence-corrected chi connectivity index (χ1v) is 9.61. The normalized spacial score (nSPS) is 19.0. The minimum absolute atomic E-state index is 0.375. The molecule has 0 amide bonds. The van der Waals surface area contributed by atoms with Gasteiger partial charge in [0.05, 0.1) is 39.9 Å². The van der Waals surface area contributed by atoms with E-state index in [1.807, 2.05) is 12.1 Å². The Morgan fingerprint density at radius 1 is 1.08 bits per heavy atom. The van der Waals surface area contributed by atoms with E-state index in [0.29, 0.717) is 5.92 Å². The number of quaternary nitrogens is 1. The van der Waals surface area contributed by atoms with Gasteiger partial charge in [-0.3, -0.25) is 0 Å². The van der Waals surface area contributed by atoms with Crippen molar-refractivity contribution in [1.82, 2.24) is 0 Å². The molecule has 0 radical (unpaired) electrons. The van der Waals surface area contributed by atoms with Gasteiger partial charge in [0, 0.05) is 6.42 Å². The number of hydrogen-bond donors (Lipinski definition) is 1. The summed E-state index contributed by atoms with van der Waals surface area (Å²) in [5, 5.41) is 11.7. The molecule has 0 aliphatic heterocycles. The number of hydrogen-bond acceptors (Lipinski definition) is 2. The molecular formula is C21H36NO2+. The Kier molecular flexibility index (Phi) is 6.70. The molecule has 0 aromatic heterocycles. The number of aliphatic hydroxyl groups is 1. The smallest absolute Gasteiger partial charge is 0.119 e. The molecule has 1 atom stereocenters. The molecular weight excluding hydrogens is 298 g/mol. The molecule has 1 aromatic rings. The van der Waals surface area contributed by atoms with E-state index in [1.165, 1.54) is 19.3 Å². The third-order valence-electron chi connectivity index (χ3n) is 5.27. The van der Waals surface area contributed by atoms with Gasteiger partial charge in [-0.1, -0.05) is 38.3 Å². The lowest BCUT2D eigenvalue weighted by Gasteiger charge is -2.40. The van der Waals surface area contributed by atoms with Crippen LogP contribution in [0.2, 0.25) is 0 Å². The molecule has 2 rings (SSSR count). The van der Waals surface area contributed by atoms with Gasteiger partial charge >= 0.3 is 0 Å². The van der Waals surface area contributed by atoms with Crippen LogP contribution in [0.15, 0.2) is 24.3 Å². The molecule has 1 saturated carbocycles. The van der Waals surface area contributed by atoms with E-state index in [1.54, 1.807) is 0 Å². The standard InChI is InChI=1S/C21H36NO2/c1-5-17-24-20-13-11-19(12-14-20)21(23,15-16-22(2,3)4)18-9-7-6-8-10-18/h11-14,18,23H,5-10,15-17H2,1-4H3/q+1/t21-/m0/s1. The molecule has 0 spiro atoms. The Morgan fingerprint density at radius 3 is 2.25 bits per heavy atom. The Hall–Kier alpha value is -1.06. The van der Waals surface area contributed by atoms with Crippen LogP contribution in [0.25, 0.3) is 0 Å². The van der Waals surface area contributed by atoms with Gasteiger partial charge in [-0.2, -0.15) is 0 Å². The minimum Gasteiger partial charge on any atom is -0.494 e. The lowest BCUT2D eigenvalue weighted by atomic mass is 9.71. The van der Waals surface area contributed by atoms with Crippen molar-refractivity contribution in [1.29, 1.82) is 0 Å². The quantitative estimate of drug-likeness (QED) is 0.717. The summed E-state index contributed by atoms with van der Waals surface area (Å²) in [6.07, 6.45) is 7.91. The van der Waals surface area contributed by atoms with E-state index in [-0.39, 0.29) is 0 Å². The van der Waals surface area contributed by atoms with E-state index >= 15 is 0 Å². The van der Waals surface area contributed by atoms with Gasteiger partial charge in [0.2, 0.25) is 0 Å². The molecule has 3 nitrogen and oxygen atoms in total. The van der Waals surface area contributed by atoms with Crippen LogP contribution < -0.4 is 4.74 Å². The molecule has 0 unspecified atom stereocenters. The fourth-order valence-corrected chi connectivity index (χ4v) is 3.73. The summed E-state index contributed by atoms with van der Waals surface area (Å²) in [5.41, 5.74) is 0.349. The first-order valence-electron chi connectivity index (χ1n) is 9.61. The lowest BCUT2D eigenvalue weighted by molar-refractivity contribution is -0.871. The van der Waals surface area contributed by atoms with Gasteiger partial charge in [-0.15, -0.1) is 0 Å². The van der Waals surface area contributed by atoms with Crippen molar-refractivity contribution in [2.45, 2.75) is 57.5 Å². The van der Waals surface area contributed by atoms with E-state index in [0.717, 1.165) is 54.6 Å². The minimum atomic E-state index is -0.713. The van der Waals surface area contributed by atoms with Crippen molar-refractivity contribution in [2.75, 3.05) is 34.3 Å². The summed E-state index contributed by atoms with van der Waals surface area (Å²) in [4.78, 5) is 0. The maximum absolute atomic E-state index is 11.7. The van der Waals surface area contributed by atoms with Crippen molar-refractivity contribution >= 4 is 0 Å². The molecule has 1 aliphatic rings. The van der Waals surface area contributed by atoms with Gasteiger partial charge in [0.25, 0.3) is 0 Å². The maximum atomic E-state index is 11.7. The fraction of sp³-hybridized carbons (Fsp3) is 0.714. The molecule has 136 valence electrons. The summed E-state index contributed by atoms with van der Waals surface area (Å²) in [6.45, 7) is 3.83. The summed E-state index contributed by atoms with van der Waals surface area (Å²) >= 11 is 0. The van der Waals surface area contributed by atoms with Crippen LogP contribution in [0.1, 0.15) is 57.4 Å². The third-order valence-corrected chi connectivity index (χ3v) is 5.27. The van der Waals surface area contributed by atoms with Gasteiger partial charge < -0.3 is 14.3 Å². The Morgan fingerprint density at radius 2 is 1.71 bits per heavy atom. The third kappa shape index (κ3) is 5.22. The van der Waals surface area contributed by atoms with Gasteiger partial charge in [-0.05, 0) is 42.9 Å². The first kappa shape index (κ1) is 19.3. The van der Waals surface area contributed by atoms with Crippen LogP contribution in [-0.4, -0.2) is 43.9 Å². The highest BCUT2D eigenvalue weighted by Gasteiger charge is 2.39. The number of rotatable bonds is 8. The zero-order chi connectivity index (χ0) is 17.6.